The summed E-state index contributed by atoms with van der Waals surface area (Å²) >= 11 is 0. The van der Waals surface area contributed by atoms with E-state index < -0.39 is 14.3 Å². The van der Waals surface area contributed by atoms with Crippen molar-refractivity contribution in [3.63, 3.8) is 0 Å². The molecule has 11 heavy (non-hydrogen) atoms. The number of aliphatic imine (C=N–C) groups is 1. The molecule has 0 rings (SSSR count). The van der Waals surface area contributed by atoms with Gasteiger partial charge in [-0.3, -0.25) is 4.99 Å². The van der Waals surface area contributed by atoms with Crippen molar-refractivity contribution in [1.29, 1.82) is 0 Å². The van der Waals surface area contributed by atoms with Crippen LogP contribution in [-0.4, -0.2) is 26.9 Å². The van der Waals surface area contributed by atoms with Gasteiger partial charge in [0.25, 0.3) is 0 Å². The molecule has 0 aliphatic carbocycles. The van der Waals surface area contributed by atoms with Gasteiger partial charge < -0.3 is 0 Å². The molecule has 0 aromatic rings. The largest absolute Gasteiger partial charge is 0.297 e. The molecule has 0 aliphatic rings. The highest BCUT2D eigenvalue weighted by Crippen LogP contribution is 2.06. The number of allylic oxidation sites excluding steroid dienone is 1. The lowest BCUT2D eigenvalue weighted by molar-refractivity contribution is 0.605. The molecule has 64 valence electrons. The second-order valence-corrected chi connectivity index (χ2v) is 4.96. The van der Waals surface area contributed by atoms with Crippen LogP contribution in [0.3, 0.4) is 0 Å². The highest BCUT2D eigenvalue weighted by molar-refractivity contribution is 8.14. The fourth-order valence-corrected chi connectivity index (χ4v) is 0.843. The van der Waals surface area contributed by atoms with E-state index in [9.17, 15) is 8.42 Å². The van der Waals surface area contributed by atoms with E-state index in [0.717, 1.165) is 0 Å². The highest BCUT2D eigenvalue weighted by Gasteiger charge is 2.12. The number of nitrogens with zero attached hydrogens (tertiary/aromatic N) is 1. The van der Waals surface area contributed by atoms with Crippen LogP contribution in [0.4, 0.5) is 0 Å². The summed E-state index contributed by atoms with van der Waals surface area (Å²) in [6.07, 6.45) is 4.51. The fraction of sp³-hybridized carbons (Fsp3) is 0.500. The molecule has 1 atom stereocenters. The van der Waals surface area contributed by atoms with E-state index in [-0.39, 0.29) is 0 Å². The van der Waals surface area contributed by atoms with Crippen LogP contribution in [0.1, 0.15) is 6.92 Å². The molecular weight excluding hydrogens is 186 g/mol. The maximum atomic E-state index is 10.6. The minimum Gasteiger partial charge on any atom is -0.297 e. The van der Waals surface area contributed by atoms with Gasteiger partial charge in [0.15, 0.2) is 0 Å². The molecule has 0 spiro atoms. The Hall–Kier alpha value is -0.350. The Kier molecular flexibility index (Phi) is 4.37. The Bertz CT molecular complexity index is 256. The van der Waals surface area contributed by atoms with E-state index >= 15 is 0 Å². The van der Waals surface area contributed by atoms with E-state index in [1.807, 2.05) is 0 Å². The summed E-state index contributed by atoms with van der Waals surface area (Å²) < 4.78 is 21.2. The Balaban J connectivity index is 4.20. The van der Waals surface area contributed by atoms with Gasteiger partial charge in [-0.1, -0.05) is 6.08 Å². The van der Waals surface area contributed by atoms with Gasteiger partial charge in [-0.2, -0.15) is 0 Å². The van der Waals surface area contributed by atoms with Crippen molar-refractivity contribution in [3.05, 3.63) is 12.2 Å². The van der Waals surface area contributed by atoms with Crippen LogP contribution in [0, 0.1) is 0 Å². The summed E-state index contributed by atoms with van der Waals surface area (Å²) in [5.41, 5.74) is 0. The Morgan fingerprint density at radius 2 is 2.09 bits per heavy atom. The molecule has 5 heteroatoms. The molecule has 1 unspecified atom stereocenters. The standard InChI is InChI=1S/C6H10ClNO2S/c1-6(11(7,9)10)4-3-5-8-2/h3-6H,1-2H3/b4-3-,8-5-. The van der Waals surface area contributed by atoms with Crippen molar-refractivity contribution >= 4 is 25.9 Å². The zero-order valence-corrected chi connectivity index (χ0v) is 7.93. The van der Waals surface area contributed by atoms with Crippen LogP contribution < -0.4 is 0 Å². The van der Waals surface area contributed by atoms with E-state index in [1.165, 1.54) is 19.2 Å². The summed E-state index contributed by atoms with van der Waals surface area (Å²) in [6, 6.07) is 0. The van der Waals surface area contributed by atoms with Crippen molar-refractivity contribution in [2.45, 2.75) is 12.2 Å². The monoisotopic (exact) mass is 195 g/mol. The zero-order valence-electron chi connectivity index (χ0n) is 6.36. The zero-order chi connectivity index (χ0) is 8.91. The summed E-state index contributed by atoms with van der Waals surface area (Å²) in [5, 5.41) is -0.665. The van der Waals surface area contributed by atoms with E-state index in [1.54, 1.807) is 13.1 Å². The predicted molar refractivity (Wildman–Crippen MR) is 47.8 cm³/mol. The quantitative estimate of drug-likeness (QED) is 0.502. The van der Waals surface area contributed by atoms with Crippen LogP contribution in [0.5, 0.6) is 0 Å². The maximum absolute atomic E-state index is 10.6. The van der Waals surface area contributed by atoms with Gasteiger partial charge in [0.2, 0.25) is 9.05 Å². The smallest absolute Gasteiger partial charge is 0.238 e. The van der Waals surface area contributed by atoms with Gasteiger partial charge in [-0.05, 0) is 13.0 Å². The molecule has 0 amide bonds. The summed E-state index contributed by atoms with van der Waals surface area (Å²) in [6.45, 7) is 1.50. The van der Waals surface area contributed by atoms with Gasteiger partial charge in [-0.15, -0.1) is 0 Å². The van der Waals surface area contributed by atoms with E-state index in [4.69, 9.17) is 10.7 Å². The lowest BCUT2D eigenvalue weighted by Crippen LogP contribution is -2.07. The highest BCUT2D eigenvalue weighted by atomic mass is 35.7. The third kappa shape index (κ3) is 4.98. The van der Waals surface area contributed by atoms with Gasteiger partial charge in [0, 0.05) is 23.9 Å². The van der Waals surface area contributed by atoms with Crippen molar-refractivity contribution in [2.24, 2.45) is 4.99 Å². The van der Waals surface area contributed by atoms with Gasteiger partial charge in [0.1, 0.15) is 0 Å². The van der Waals surface area contributed by atoms with Gasteiger partial charge in [-0.25, -0.2) is 8.42 Å². The van der Waals surface area contributed by atoms with Crippen molar-refractivity contribution in [3.8, 4) is 0 Å². The topological polar surface area (TPSA) is 46.5 Å². The number of rotatable bonds is 3. The van der Waals surface area contributed by atoms with Crippen LogP contribution in [-0.2, 0) is 9.05 Å². The molecule has 0 saturated carbocycles. The molecule has 0 saturated heterocycles. The average Bonchev–Trinajstić information content (AvgIpc) is 1.86. The first-order valence-electron chi connectivity index (χ1n) is 3.01. The molecule has 0 aromatic heterocycles. The third-order valence-corrected chi connectivity index (χ3v) is 2.95. The lowest BCUT2D eigenvalue weighted by Gasteiger charge is -1.97. The molecule has 0 radical (unpaired) electrons. The first-order chi connectivity index (χ1) is 4.98. The molecule has 0 aromatic carbocycles. The van der Waals surface area contributed by atoms with Gasteiger partial charge >= 0.3 is 0 Å². The second kappa shape index (κ2) is 4.51. The molecule has 0 aliphatic heterocycles. The summed E-state index contributed by atoms with van der Waals surface area (Å²) in [5.74, 6) is 0. The lowest BCUT2D eigenvalue weighted by atomic mass is 10.4. The van der Waals surface area contributed by atoms with Crippen molar-refractivity contribution in [1.82, 2.24) is 0 Å². The predicted octanol–water partition coefficient (Wildman–Crippen LogP) is 1.20. The van der Waals surface area contributed by atoms with Crippen molar-refractivity contribution in [2.75, 3.05) is 7.05 Å². The molecule has 0 heterocycles. The Morgan fingerprint density at radius 1 is 1.55 bits per heavy atom. The Labute approximate surface area is 71.2 Å². The summed E-state index contributed by atoms with van der Waals surface area (Å²) in [4.78, 5) is 3.64. The van der Waals surface area contributed by atoms with Gasteiger partial charge in [0.05, 0.1) is 5.25 Å². The van der Waals surface area contributed by atoms with Crippen molar-refractivity contribution < 1.29 is 8.42 Å². The minimum atomic E-state index is -3.46. The molecule has 0 N–H and O–H groups in total. The number of hydrogen-bond donors (Lipinski definition) is 0. The Morgan fingerprint density at radius 3 is 2.45 bits per heavy atom. The normalized spacial score (nSPS) is 16.3. The first-order valence-corrected chi connectivity index (χ1v) is 5.38. The molecule has 3 nitrogen and oxygen atoms in total. The average molecular weight is 196 g/mol. The van der Waals surface area contributed by atoms with E-state index in [0.29, 0.717) is 0 Å². The molecule has 0 bridgehead atoms. The number of hydrogen-bond acceptors (Lipinski definition) is 3. The van der Waals surface area contributed by atoms with E-state index in [2.05, 4.69) is 4.99 Å². The van der Waals surface area contributed by atoms with Crippen LogP contribution >= 0.6 is 10.7 Å². The van der Waals surface area contributed by atoms with Crippen LogP contribution in [0.25, 0.3) is 0 Å². The van der Waals surface area contributed by atoms with Crippen LogP contribution in [0.2, 0.25) is 0 Å². The minimum absolute atomic E-state index is 0.665. The maximum Gasteiger partial charge on any atom is 0.238 e. The SMILES string of the molecule is C/N=C\C=C/C(C)S(=O)(=O)Cl. The summed E-state index contributed by atoms with van der Waals surface area (Å²) in [7, 11) is 3.18. The second-order valence-electron chi connectivity index (χ2n) is 1.97. The number of halogens is 1. The molecule has 0 fully saturated rings. The third-order valence-electron chi connectivity index (χ3n) is 1.06. The van der Waals surface area contributed by atoms with Crippen LogP contribution in [0.15, 0.2) is 17.1 Å². The molecular formula is C6H10ClNO2S. The first kappa shape index (κ1) is 10.7. The fourth-order valence-electron chi connectivity index (χ4n) is 0.386.